The molecule has 1 fully saturated rings. The molecule has 2 N–H and O–H groups in total. The van der Waals surface area contributed by atoms with Crippen molar-refractivity contribution in [3.05, 3.63) is 83.9 Å². The number of ether oxygens (including phenoxy) is 1. The first-order valence-electron chi connectivity index (χ1n) is 12.3. The molecule has 9 nitrogen and oxygen atoms in total. The van der Waals surface area contributed by atoms with Crippen LogP contribution >= 0.6 is 0 Å². The van der Waals surface area contributed by atoms with Crippen molar-refractivity contribution < 1.29 is 26.4 Å². The van der Waals surface area contributed by atoms with Crippen LogP contribution in [0.3, 0.4) is 0 Å². The van der Waals surface area contributed by atoms with E-state index in [4.69, 9.17) is 4.74 Å². The first-order chi connectivity index (χ1) is 18.1. The van der Waals surface area contributed by atoms with Gasteiger partial charge in [0.05, 0.1) is 9.79 Å². The lowest BCUT2D eigenvalue weighted by atomic mass is 10.1. The highest BCUT2D eigenvalue weighted by Gasteiger charge is 2.26. The SMILES string of the molecule is Cc1cc(S(=O)(=O)Nc2ccccc2)ccc1OCC(=O)NCCc1ccc(S(=O)(=O)N2CCCC2)cc1. The molecule has 0 radical (unpaired) electrons. The second-order valence-electron chi connectivity index (χ2n) is 9.04. The van der Waals surface area contributed by atoms with Crippen LogP contribution in [0.25, 0.3) is 0 Å². The molecule has 1 aliphatic heterocycles. The van der Waals surface area contributed by atoms with Crippen LogP contribution in [-0.4, -0.2) is 53.3 Å². The molecule has 0 aliphatic carbocycles. The Morgan fingerprint density at radius 3 is 2.21 bits per heavy atom. The maximum absolute atomic E-state index is 12.6. The fourth-order valence-corrected chi connectivity index (χ4v) is 6.78. The Bertz CT molecular complexity index is 1470. The van der Waals surface area contributed by atoms with Gasteiger partial charge in [-0.2, -0.15) is 4.31 Å². The molecule has 202 valence electrons. The smallest absolute Gasteiger partial charge is 0.261 e. The molecule has 4 rings (SSSR count). The highest BCUT2D eigenvalue weighted by molar-refractivity contribution is 7.92. The van der Waals surface area contributed by atoms with Crippen molar-refractivity contribution in [1.82, 2.24) is 9.62 Å². The Kier molecular flexibility index (Phi) is 8.70. The standard InChI is InChI=1S/C27H31N3O6S2/c1-21-19-25(37(32,33)29-23-7-3-2-4-8-23)13-14-26(21)36-20-27(31)28-16-15-22-9-11-24(12-10-22)38(34,35)30-17-5-6-18-30/h2-4,7-14,19,29H,5-6,15-18,20H2,1H3,(H,28,31). The van der Waals surface area contributed by atoms with E-state index >= 15 is 0 Å². The maximum Gasteiger partial charge on any atom is 0.261 e. The molecule has 0 spiro atoms. The number of para-hydroxylation sites is 1. The Balaban J connectivity index is 1.24. The van der Waals surface area contributed by atoms with Gasteiger partial charge in [-0.1, -0.05) is 30.3 Å². The van der Waals surface area contributed by atoms with Crippen LogP contribution in [0.2, 0.25) is 0 Å². The van der Waals surface area contributed by atoms with Crippen LogP contribution in [0.5, 0.6) is 5.75 Å². The average Bonchev–Trinajstić information content (AvgIpc) is 3.45. The third-order valence-electron chi connectivity index (χ3n) is 6.20. The molecule has 1 amide bonds. The van der Waals surface area contributed by atoms with E-state index in [0.717, 1.165) is 18.4 Å². The van der Waals surface area contributed by atoms with Gasteiger partial charge in [0, 0.05) is 25.3 Å². The van der Waals surface area contributed by atoms with Gasteiger partial charge >= 0.3 is 0 Å². The molecule has 1 saturated heterocycles. The number of anilines is 1. The van der Waals surface area contributed by atoms with E-state index < -0.39 is 20.0 Å². The molecule has 0 unspecified atom stereocenters. The van der Waals surface area contributed by atoms with Gasteiger partial charge in [0.25, 0.3) is 15.9 Å². The van der Waals surface area contributed by atoms with Crippen LogP contribution in [0.15, 0.2) is 82.6 Å². The lowest BCUT2D eigenvalue weighted by molar-refractivity contribution is -0.123. The zero-order valence-electron chi connectivity index (χ0n) is 21.1. The molecular formula is C27H31N3O6S2. The molecule has 1 heterocycles. The summed E-state index contributed by atoms with van der Waals surface area (Å²) in [6.07, 6.45) is 2.31. The fourth-order valence-electron chi connectivity index (χ4n) is 4.12. The van der Waals surface area contributed by atoms with E-state index in [9.17, 15) is 21.6 Å². The van der Waals surface area contributed by atoms with Gasteiger partial charge in [-0.25, -0.2) is 16.8 Å². The van der Waals surface area contributed by atoms with Crippen molar-refractivity contribution >= 4 is 31.6 Å². The number of nitrogens with zero attached hydrogens (tertiary/aromatic N) is 1. The summed E-state index contributed by atoms with van der Waals surface area (Å²) >= 11 is 0. The summed E-state index contributed by atoms with van der Waals surface area (Å²) in [5.74, 6) is 0.0914. The Hall–Kier alpha value is -3.41. The highest BCUT2D eigenvalue weighted by Crippen LogP contribution is 2.24. The topological polar surface area (TPSA) is 122 Å². The van der Waals surface area contributed by atoms with E-state index in [1.165, 1.54) is 22.5 Å². The van der Waals surface area contributed by atoms with E-state index in [2.05, 4.69) is 10.0 Å². The van der Waals surface area contributed by atoms with Crippen molar-refractivity contribution in [2.75, 3.05) is 31.0 Å². The first kappa shape index (κ1) is 27.6. The van der Waals surface area contributed by atoms with Crippen LogP contribution in [0, 0.1) is 6.92 Å². The zero-order chi connectivity index (χ0) is 27.2. The van der Waals surface area contributed by atoms with E-state index in [0.29, 0.717) is 43.1 Å². The maximum atomic E-state index is 12.6. The van der Waals surface area contributed by atoms with E-state index in [-0.39, 0.29) is 22.3 Å². The number of carbonyl (C=O) groups is 1. The van der Waals surface area contributed by atoms with E-state index in [1.54, 1.807) is 61.5 Å². The molecule has 11 heteroatoms. The minimum absolute atomic E-state index is 0.0925. The van der Waals surface area contributed by atoms with Gasteiger partial charge in [0.1, 0.15) is 5.75 Å². The average molecular weight is 558 g/mol. The number of amides is 1. The summed E-state index contributed by atoms with van der Waals surface area (Å²) in [5, 5.41) is 2.78. The minimum atomic E-state index is -3.76. The summed E-state index contributed by atoms with van der Waals surface area (Å²) in [7, 11) is -7.20. The molecule has 0 bridgehead atoms. The van der Waals surface area contributed by atoms with Gasteiger partial charge in [-0.3, -0.25) is 9.52 Å². The second-order valence-corrected chi connectivity index (χ2v) is 12.7. The van der Waals surface area contributed by atoms with Crippen molar-refractivity contribution in [2.45, 2.75) is 36.0 Å². The first-order valence-corrected chi connectivity index (χ1v) is 15.2. The lowest BCUT2D eigenvalue weighted by Crippen LogP contribution is -2.30. The molecule has 0 saturated carbocycles. The number of nitrogens with one attached hydrogen (secondary N) is 2. The number of carbonyl (C=O) groups excluding carboxylic acids is 1. The number of aryl methyl sites for hydroxylation is 1. The summed E-state index contributed by atoms with van der Waals surface area (Å²) < 4.78 is 60.2. The Morgan fingerprint density at radius 1 is 0.895 bits per heavy atom. The molecule has 1 aliphatic rings. The summed E-state index contributed by atoms with van der Waals surface area (Å²) in [5.41, 5.74) is 1.95. The largest absolute Gasteiger partial charge is 0.484 e. The van der Waals surface area contributed by atoms with Crippen LogP contribution in [0.4, 0.5) is 5.69 Å². The molecule has 38 heavy (non-hydrogen) atoms. The molecule has 0 atom stereocenters. The quantitative estimate of drug-likeness (QED) is 0.373. The van der Waals surface area contributed by atoms with Gasteiger partial charge in [0.15, 0.2) is 6.61 Å². The van der Waals surface area contributed by atoms with Crippen LogP contribution in [-0.2, 0) is 31.3 Å². The number of benzene rings is 3. The predicted octanol–water partition coefficient (Wildman–Crippen LogP) is 3.32. The second kappa shape index (κ2) is 12.0. The van der Waals surface area contributed by atoms with Gasteiger partial charge in [0.2, 0.25) is 10.0 Å². The third kappa shape index (κ3) is 6.91. The van der Waals surface area contributed by atoms with Crippen molar-refractivity contribution in [1.29, 1.82) is 0 Å². The summed E-state index contributed by atoms with van der Waals surface area (Å²) in [6.45, 7) is 2.98. The van der Waals surface area contributed by atoms with Gasteiger partial charge < -0.3 is 10.1 Å². The van der Waals surface area contributed by atoms with Gasteiger partial charge in [-0.15, -0.1) is 0 Å². The molecule has 3 aromatic carbocycles. The van der Waals surface area contributed by atoms with Crippen molar-refractivity contribution in [2.24, 2.45) is 0 Å². The number of hydrogen-bond donors (Lipinski definition) is 2. The monoisotopic (exact) mass is 557 g/mol. The highest BCUT2D eigenvalue weighted by atomic mass is 32.2. The molecule has 0 aromatic heterocycles. The summed E-state index contributed by atoms with van der Waals surface area (Å²) in [4.78, 5) is 12.6. The third-order valence-corrected chi connectivity index (χ3v) is 9.50. The summed E-state index contributed by atoms with van der Waals surface area (Å²) in [6, 6.07) is 19.8. The van der Waals surface area contributed by atoms with Crippen molar-refractivity contribution in [3.63, 3.8) is 0 Å². The van der Waals surface area contributed by atoms with E-state index in [1.807, 2.05) is 0 Å². The number of hydrogen-bond acceptors (Lipinski definition) is 6. The predicted molar refractivity (Wildman–Crippen MR) is 145 cm³/mol. The Morgan fingerprint density at radius 2 is 1.55 bits per heavy atom. The number of sulfonamides is 2. The molecular weight excluding hydrogens is 526 g/mol. The molecule has 3 aromatic rings. The fraction of sp³-hybridized carbons (Fsp3) is 0.296. The lowest BCUT2D eigenvalue weighted by Gasteiger charge is -2.15. The normalized spacial score (nSPS) is 14.2. The number of rotatable bonds is 11. The van der Waals surface area contributed by atoms with Crippen LogP contribution in [0.1, 0.15) is 24.0 Å². The van der Waals surface area contributed by atoms with Gasteiger partial charge in [-0.05, 0) is 79.8 Å². The van der Waals surface area contributed by atoms with Crippen molar-refractivity contribution in [3.8, 4) is 5.75 Å². The van der Waals surface area contributed by atoms with Crippen LogP contribution < -0.4 is 14.8 Å². The zero-order valence-corrected chi connectivity index (χ0v) is 22.7. The Labute approximate surface area is 223 Å². The minimum Gasteiger partial charge on any atom is -0.484 e.